The lowest BCUT2D eigenvalue weighted by molar-refractivity contribution is 0.0786. The Hall–Kier alpha value is -2.68. The molecule has 31 heavy (non-hydrogen) atoms. The number of hydrogen-bond acceptors (Lipinski definition) is 6. The van der Waals surface area contributed by atoms with E-state index in [9.17, 15) is 4.79 Å². The second-order valence-corrected chi connectivity index (χ2v) is 10.2. The number of carbonyl (C=O) groups is 1. The van der Waals surface area contributed by atoms with E-state index in [2.05, 4.69) is 43.3 Å². The minimum atomic E-state index is -0.0168. The summed E-state index contributed by atoms with van der Waals surface area (Å²) in [5.41, 5.74) is 1.27. The number of likely N-dealkylation sites (tertiary alicyclic amines) is 1. The number of anilines is 2. The minimum Gasteiger partial charge on any atom is -0.356 e. The normalized spacial score (nSPS) is 19.1. The van der Waals surface area contributed by atoms with Gasteiger partial charge in [-0.1, -0.05) is 0 Å². The zero-order valence-electron chi connectivity index (χ0n) is 18.1. The van der Waals surface area contributed by atoms with E-state index in [4.69, 9.17) is 0 Å². The third kappa shape index (κ3) is 3.98. The smallest absolute Gasteiger partial charge is 0.323 e. The number of H-pyrrole nitrogens is 1. The van der Waals surface area contributed by atoms with Crippen LogP contribution in [0.1, 0.15) is 43.4 Å². The molecule has 5 rings (SSSR count). The molecule has 1 saturated heterocycles. The summed E-state index contributed by atoms with van der Waals surface area (Å²) in [5.74, 6) is 1.01. The minimum absolute atomic E-state index is 0.0168. The number of amides is 2. The van der Waals surface area contributed by atoms with Gasteiger partial charge in [-0.15, -0.1) is 11.3 Å². The molecule has 0 unspecified atom stereocenters. The Morgan fingerprint density at radius 3 is 2.71 bits per heavy atom. The Morgan fingerprint density at radius 1 is 1.23 bits per heavy atom. The van der Waals surface area contributed by atoms with E-state index in [1.165, 1.54) is 24.2 Å². The van der Waals surface area contributed by atoms with Crippen molar-refractivity contribution in [3.63, 3.8) is 0 Å². The molecule has 2 aliphatic rings. The van der Waals surface area contributed by atoms with Crippen molar-refractivity contribution in [2.75, 3.05) is 30.4 Å². The molecule has 1 aliphatic carbocycles. The highest BCUT2D eigenvalue weighted by atomic mass is 32.1. The molecule has 2 amide bonds. The van der Waals surface area contributed by atoms with E-state index in [0.29, 0.717) is 16.6 Å². The molecule has 3 aromatic heterocycles. The number of carbonyl (C=O) groups excluding carboxylic acids is 1. The molecule has 1 saturated carbocycles. The molecule has 1 aliphatic heterocycles. The third-order valence-corrected chi connectivity index (χ3v) is 8.01. The molecule has 0 aromatic carbocycles. The Balaban J connectivity index is 1.16. The van der Waals surface area contributed by atoms with Crippen molar-refractivity contribution >= 4 is 39.4 Å². The van der Waals surface area contributed by atoms with Crippen LogP contribution in [0.4, 0.5) is 15.7 Å². The van der Waals surface area contributed by atoms with Crippen LogP contribution in [0.15, 0.2) is 24.8 Å². The van der Waals surface area contributed by atoms with Crippen LogP contribution >= 0.6 is 11.3 Å². The van der Waals surface area contributed by atoms with E-state index in [1.54, 1.807) is 12.5 Å². The number of aryl methyl sites for hydroxylation is 1. The van der Waals surface area contributed by atoms with Crippen LogP contribution in [0.3, 0.4) is 0 Å². The monoisotopic (exact) mass is 439 g/mol. The van der Waals surface area contributed by atoms with E-state index < -0.39 is 0 Å². The summed E-state index contributed by atoms with van der Waals surface area (Å²) in [6, 6.07) is 2.53. The second kappa shape index (κ2) is 8.11. The molecule has 0 radical (unpaired) electrons. The molecule has 8 nitrogen and oxygen atoms in total. The number of urea groups is 1. The van der Waals surface area contributed by atoms with Gasteiger partial charge in [0.15, 0.2) is 5.13 Å². The predicted octanol–water partition coefficient (Wildman–Crippen LogP) is 4.42. The first kappa shape index (κ1) is 20.2. The van der Waals surface area contributed by atoms with Crippen molar-refractivity contribution in [3.05, 3.63) is 29.7 Å². The Morgan fingerprint density at radius 2 is 2.00 bits per heavy atom. The van der Waals surface area contributed by atoms with Gasteiger partial charge >= 0.3 is 6.03 Å². The Bertz CT molecular complexity index is 1060. The molecule has 0 atom stereocenters. The molecular formula is C22H29N7OS. The number of nitrogens with one attached hydrogen (secondary N) is 2. The van der Waals surface area contributed by atoms with E-state index in [1.807, 2.05) is 18.0 Å². The Labute approximate surface area is 186 Å². The molecule has 2 fully saturated rings. The molecule has 0 bridgehead atoms. The van der Waals surface area contributed by atoms with Crippen LogP contribution in [-0.2, 0) is 0 Å². The molecule has 1 spiro atoms. The van der Waals surface area contributed by atoms with Crippen molar-refractivity contribution < 1.29 is 4.79 Å². The van der Waals surface area contributed by atoms with Gasteiger partial charge in [0.1, 0.15) is 17.8 Å². The molecule has 164 valence electrons. The maximum absolute atomic E-state index is 12.6. The Kier molecular flexibility index (Phi) is 5.29. The largest absolute Gasteiger partial charge is 0.356 e. The maximum atomic E-state index is 12.6. The lowest BCUT2D eigenvalue weighted by Crippen LogP contribution is -2.47. The SMILES string of the molecule is Cc1cnc(NC(=O)N2CCC3(CCC(N(C)c4ncnc5[nH]ccc45)CC3)CC2)s1. The fourth-order valence-electron chi connectivity index (χ4n) is 5.18. The van der Waals surface area contributed by atoms with Gasteiger partial charge in [0.05, 0.1) is 5.39 Å². The number of piperidine rings is 1. The summed E-state index contributed by atoms with van der Waals surface area (Å²) < 4.78 is 0. The van der Waals surface area contributed by atoms with Gasteiger partial charge in [-0.3, -0.25) is 5.32 Å². The number of hydrogen-bond donors (Lipinski definition) is 2. The van der Waals surface area contributed by atoms with Crippen molar-refractivity contribution in [1.29, 1.82) is 0 Å². The molecule has 9 heteroatoms. The molecule has 3 aromatic rings. The summed E-state index contributed by atoms with van der Waals surface area (Å²) in [7, 11) is 2.16. The van der Waals surface area contributed by atoms with E-state index in [0.717, 1.165) is 60.5 Å². The van der Waals surface area contributed by atoms with Gasteiger partial charge in [0.25, 0.3) is 0 Å². The van der Waals surface area contributed by atoms with Crippen molar-refractivity contribution in [1.82, 2.24) is 24.8 Å². The quantitative estimate of drug-likeness (QED) is 0.631. The van der Waals surface area contributed by atoms with Crippen LogP contribution in [0.5, 0.6) is 0 Å². The zero-order valence-corrected chi connectivity index (χ0v) is 18.9. The molecule has 4 heterocycles. The summed E-state index contributed by atoms with van der Waals surface area (Å²) in [6.45, 7) is 3.65. The predicted molar refractivity (Wildman–Crippen MR) is 124 cm³/mol. The highest BCUT2D eigenvalue weighted by Crippen LogP contribution is 2.46. The lowest BCUT2D eigenvalue weighted by Gasteiger charge is -2.47. The van der Waals surface area contributed by atoms with Gasteiger partial charge in [0, 0.05) is 43.4 Å². The van der Waals surface area contributed by atoms with Crippen LogP contribution in [-0.4, -0.2) is 57.0 Å². The topological polar surface area (TPSA) is 90.0 Å². The number of aromatic nitrogens is 4. The number of rotatable bonds is 3. The summed E-state index contributed by atoms with van der Waals surface area (Å²) in [4.78, 5) is 34.3. The lowest BCUT2D eigenvalue weighted by atomic mass is 9.67. The molecule has 2 N–H and O–H groups in total. The standard InChI is InChI=1S/C22H29N7OS/c1-15-13-24-20(31-15)27-21(30)29-11-8-22(9-12-29)6-3-16(4-7-22)28(2)19-17-5-10-23-18(17)25-14-26-19/h5,10,13-14,16H,3-4,6-9,11-12H2,1-2H3,(H,23,25,26)(H,24,27,30). The van der Waals surface area contributed by atoms with Gasteiger partial charge in [-0.05, 0) is 56.9 Å². The summed E-state index contributed by atoms with van der Waals surface area (Å²) in [6.07, 6.45) is 12.3. The van der Waals surface area contributed by atoms with Crippen molar-refractivity contribution in [2.24, 2.45) is 5.41 Å². The van der Waals surface area contributed by atoms with Crippen molar-refractivity contribution in [3.8, 4) is 0 Å². The average Bonchev–Trinajstić information content (AvgIpc) is 3.43. The first-order valence-corrected chi connectivity index (χ1v) is 11.8. The maximum Gasteiger partial charge on any atom is 0.323 e. The van der Waals surface area contributed by atoms with Crippen LogP contribution in [0, 0.1) is 12.3 Å². The van der Waals surface area contributed by atoms with Gasteiger partial charge in [-0.25, -0.2) is 19.7 Å². The highest BCUT2D eigenvalue weighted by molar-refractivity contribution is 7.15. The number of thiazole rings is 1. The summed E-state index contributed by atoms with van der Waals surface area (Å²) >= 11 is 1.52. The number of aromatic amines is 1. The highest BCUT2D eigenvalue weighted by Gasteiger charge is 2.40. The molecular weight excluding hydrogens is 410 g/mol. The fraction of sp³-hybridized carbons (Fsp3) is 0.545. The first-order chi connectivity index (χ1) is 15.0. The summed E-state index contributed by atoms with van der Waals surface area (Å²) in [5, 5.41) is 4.72. The van der Waals surface area contributed by atoms with Crippen molar-refractivity contribution in [2.45, 2.75) is 51.5 Å². The van der Waals surface area contributed by atoms with Gasteiger partial charge in [0.2, 0.25) is 0 Å². The van der Waals surface area contributed by atoms with Gasteiger partial charge < -0.3 is 14.8 Å². The van der Waals surface area contributed by atoms with E-state index >= 15 is 0 Å². The zero-order chi connectivity index (χ0) is 21.4. The van der Waals surface area contributed by atoms with E-state index in [-0.39, 0.29) is 6.03 Å². The number of nitrogens with zero attached hydrogens (tertiary/aromatic N) is 5. The average molecular weight is 440 g/mol. The van der Waals surface area contributed by atoms with Crippen LogP contribution in [0.25, 0.3) is 11.0 Å². The van der Waals surface area contributed by atoms with Gasteiger partial charge in [-0.2, -0.15) is 0 Å². The second-order valence-electron chi connectivity index (χ2n) is 8.97. The number of fused-ring (bicyclic) bond motifs is 1. The first-order valence-electron chi connectivity index (χ1n) is 11.0. The third-order valence-electron chi connectivity index (χ3n) is 7.18. The van der Waals surface area contributed by atoms with Crippen LogP contribution in [0.2, 0.25) is 0 Å². The fourth-order valence-corrected chi connectivity index (χ4v) is 5.84. The van der Waals surface area contributed by atoms with Crippen LogP contribution < -0.4 is 10.2 Å².